The molecule has 21 heteroatoms. The summed E-state index contributed by atoms with van der Waals surface area (Å²) in [7, 11) is -11.0. The van der Waals surface area contributed by atoms with Crippen LogP contribution in [0.15, 0.2) is 0 Å². The van der Waals surface area contributed by atoms with Crippen LogP contribution in [-0.2, 0) is 78.1 Å². The predicted octanol–water partition coefficient (Wildman–Crippen LogP) is -2.93. The van der Waals surface area contributed by atoms with E-state index >= 15 is 0 Å². The van der Waals surface area contributed by atoms with E-state index in [0.29, 0.717) is 0 Å². The Balaban J connectivity index is -0.0000000711. The number of rotatable bonds is 4. The van der Waals surface area contributed by atoms with E-state index in [-0.39, 0.29) is 51.2 Å². The summed E-state index contributed by atoms with van der Waals surface area (Å²) in [6, 6.07) is 0. The van der Waals surface area contributed by atoms with Crippen molar-refractivity contribution in [2.24, 2.45) is 0 Å². The summed E-state index contributed by atoms with van der Waals surface area (Å²) in [6.07, 6.45) is 0. The van der Waals surface area contributed by atoms with Crippen LogP contribution >= 0.6 is 52.0 Å². The molecule has 2 atom stereocenters. The van der Waals surface area contributed by atoms with Gasteiger partial charge in [-0.2, -0.15) is 0 Å². The first-order valence-electron chi connectivity index (χ1n) is 2.89. The van der Waals surface area contributed by atoms with Crippen LogP contribution in [0.5, 0.6) is 0 Å². The van der Waals surface area contributed by atoms with Gasteiger partial charge in [0, 0.05) is 0 Å². The number of halogens is 2. The maximum absolute atomic E-state index is 9.65. The second-order valence-corrected chi connectivity index (χ2v) is 9.22. The fourth-order valence-corrected chi connectivity index (χ4v) is 3.51. The Hall–Kier alpha value is 2.74. The first-order chi connectivity index (χ1) is 7.41. The molecule has 0 aliphatic carbocycles. The summed E-state index contributed by atoms with van der Waals surface area (Å²) in [6.45, 7) is -9.91. The van der Waals surface area contributed by atoms with E-state index in [2.05, 4.69) is 31.1 Å². The van der Waals surface area contributed by atoms with E-state index in [4.69, 9.17) is 0 Å². The Labute approximate surface area is 158 Å². The van der Waals surface area contributed by atoms with Crippen molar-refractivity contribution >= 4 is 52.0 Å². The average molecular weight is 577 g/mol. The van der Waals surface area contributed by atoms with E-state index in [9.17, 15) is 47.6 Å². The SMILES string of the molecule is O=P([O-])([O-])OP(=O)([O-])Cl.O=P([O-])([O-])OP(=O)([O-])Cl.[Cu+2].[Cu+2].[Cu+2]. The molecule has 0 saturated carbocycles. The fourth-order valence-electron chi connectivity index (χ4n) is 0.239. The van der Waals surface area contributed by atoms with Crippen molar-refractivity contribution in [2.45, 2.75) is 0 Å². The van der Waals surface area contributed by atoms with Gasteiger partial charge in [-0.15, -0.1) is 0 Å². The summed E-state index contributed by atoms with van der Waals surface area (Å²) in [5.74, 6) is 0. The molecule has 0 N–H and O–H groups in total. The molecule has 0 spiro atoms. The molecule has 12 nitrogen and oxygen atoms in total. The monoisotopic (exact) mass is 575 g/mol. The molecule has 0 rings (SSSR count). The van der Waals surface area contributed by atoms with Gasteiger partial charge in [-0.3, -0.25) is 17.8 Å². The van der Waals surface area contributed by atoms with Gasteiger partial charge in [-0.25, -0.2) is 0 Å². The van der Waals surface area contributed by atoms with E-state index < -0.39 is 29.5 Å². The molecular formula is Cl2Cu3O12P4. The first kappa shape index (κ1) is 35.0. The van der Waals surface area contributed by atoms with Crippen molar-refractivity contribution in [3.8, 4) is 0 Å². The number of hydrogen-bond donors (Lipinski definition) is 0. The molecule has 0 aliphatic heterocycles. The molecule has 0 bridgehead atoms. The van der Waals surface area contributed by atoms with Gasteiger partial charge >= 0.3 is 51.2 Å². The predicted molar refractivity (Wildman–Crippen MR) is 44.3 cm³/mol. The van der Waals surface area contributed by atoms with Crippen molar-refractivity contribution in [3.63, 3.8) is 0 Å². The van der Waals surface area contributed by atoms with Crippen molar-refractivity contribution in [3.05, 3.63) is 0 Å². The normalized spacial score (nSPS) is 16.4. The third-order valence-electron chi connectivity index (χ3n) is 0.395. The minimum atomic E-state index is -5.49. The molecular weight excluding hydrogens is 577 g/mol. The van der Waals surface area contributed by atoms with Gasteiger partial charge in [0.25, 0.3) is 0 Å². The van der Waals surface area contributed by atoms with Crippen LogP contribution < -0.4 is 29.4 Å². The van der Waals surface area contributed by atoms with Gasteiger partial charge in [-0.1, -0.05) is 0 Å². The van der Waals surface area contributed by atoms with Gasteiger partial charge in [0.1, 0.15) is 0 Å². The quantitative estimate of drug-likeness (QED) is 0.242. The average Bonchev–Trinajstić information content (AvgIpc) is 1.64. The van der Waals surface area contributed by atoms with Crippen molar-refractivity contribution in [2.75, 3.05) is 0 Å². The van der Waals surface area contributed by atoms with E-state index in [1.165, 1.54) is 0 Å². The molecule has 0 heterocycles. The van der Waals surface area contributed by atoms with E-state index in [1.54, 1.807) is 0 Å². The molecule has 0 saturated heterocycles. The second kappa shape index (κ2) is 13.0. The van der Waals surface area contributed by atoms with Crippen LogP contribution in [-0.4, -0.2) is 0 Å². The molecule has 139 valence electrons. The minimum absolute atomic E-state index is 0. The smallest absolute Gasteiger partial charge is 0.790 e. The molecule has 2 unspecified atom stereocenters. The summed E-state index contributed by atoms with van der Waals surface area (Å²) in [5, 5.41) is 0. The standard InChI is InChI=1S/2ClH3O6P2.3Cu/c2*1-8(2,3)7-9(4,5)6;;;/h2*(H,2,3)(H2,4,5,6);;;/q;;3*+2/p-6. The second-order valence-electron chi connectivity index (χ2n) is 1.92. The largest absolute Gasteiger partial charge is 2.00 e. The van der Waals surface area contributed by atoms with Crippen LogP contribution in [0.3, 0.4) is 0 Å². The van der Waals surface area contributed by atoms with Crippen LogP contribution in [0, 0.1) is 0 Å². The van der Waals surface area contributed by atoms with Gasteiger partial charge in [-0.05, 0) is 22.5 Å². The molecule has 0 aromatic rings. The molecule has 0 aliphatic rings. The van der Waals surface area contributed by atoms with Crippen LogP contribution in [0.25, 0.3) is 0 Å². The molecule has 0 fully saturated rings. The third kappa shape index (κ3) is 45.0. The van der Waals surface area contributed by atoms with Gasteiger partial charge in [0.2, 0.25) is 13.9 Å². The fraction of sp³-hybridized carbons (Fsp3) is 0. The van der Waals surface area contributed by atoms with E-state index in [1.807, 2.05) is 0 Å². The molecule has 21 heavy (non-hydrogen) atoms. The summed E-state index contributed by atoms with van der Waals surface area (Å²) >= 11 is 8.45. The zero-order valence-electron chi connectivity index (χ0n) is 8.35. The third-order valence-corrected chi connectivity index (χ3v) is 4.67. The van der Waals surface area contributed by atoms with Crippen molar-refractivity contribution < 1.29 is 107 Å². The number of phosphoric acid groups is 2. The van der Waals surface area contributed by atoms with Gasteiger partial charge in [0.15, 0.2) is 0 Å². The number of hydrogen-bond acceptors (Lipinski definition) is 12. The summed E-state index contributed by atoms with van der Waals surface area (Å²) < 4.78 is 43.8. The molecule has 3 radical (unpaired) electrons. The minimum Gasteiger partial charge on any atom is -0.790 e. The Kier molecular flexibility index (Phi) is 21.7. The van der Waals surface area contributed by atoms with Crippen molar-refractivity contribution in [1.82, 2.24) is 0 Å². The topological polar surface area (TPSA) is 225 Å². The Morgan fingerprint density at radius 2 is 0.714 bits per heavy atom. The maximum Gasteiger partial charge on any atom is 2.00 e. The zero-order valence-corrected chi connectivity index (χ0v) is 16.3. The van der Waals surface area contributed by atoms with Crippen LogP contribution in [0.1, 0.15) is 0 Å². The van der Waals surface area contributed by atoms with Crippen LogP contribution in [0.4, 0.5) is 0 Å². The Bertz CT molecular complexity index is 357. The van der Waals surface area contributed by atoms with Crippen molar-refractivity contribution in [1.29, 1.82) is 0 Å². The molecule has 0 aromatic heterocycles. The summed E-state index contributed by atoms with van der Waals surface area (Å²) in [4.78, 5) is 57.1. The Morgan fingerprint density at radius 1 is 0.571 bits per heavy atom. The molecule has 0 aromatic carbocycles. The first-order valence-corrected chi connectivity index (χ1v) is 10.7. The van der Waals surface area contributed by atoms with Gasteiger partial charge in [0.05, 0.1) is 15.6 Å². The molecule has 0 amide bonds. The Morgan fingerprint density at radius 3 is 0.714 bits per heavy atom. The zero-order chi connectivity index (χ0) is 15.4. The van der Waals surface area contributed by atoms with Crippen LogP contribution in [0.2, 0.25) is 0 Å². The maximum atomic E-state index is 9.65. The van der Waals surface area contributed by atoms with E-state index in [0.717, 1.165) is 0 Å². The summed E-state index contributed by atoms with van der Waals surface area (Å²) in [5.41, 5.74) is 0. The van der Waals surface area contributed by atoms with Gasteiger partial charge < -0.3 is 38.5 Å².